The van der Waals surface area contributed by atoms with Gasteiger partial charge in [-0.15, -0.1) is 0 Å². The van der Waals surface area contributed by atoms with E-state index in [-0.39, 0.29) is 17.4 Å². The minimum absolute atomic E-state index is 0.172. The van der Waals surface area contributed by atoms with Crippen molar-refractivity contribution in [1.82, 2.24) is 9.55 Å². The Morgan fingerprint density at radius 3 is 2.24 bits per heavy atom. The molecule has 0 aliphatic carbocycles. The maximum Gasteiger partial charge on any atom is 0.266 e. The van der Waals surface area contributed by atoms with Gasteiger partial charge in [0.2, 0.25) is 11.8 Å². The summed E-state index contributed by atoms with van der Waals surface area (Å²) in [5.74, 6) is -0.431. The van der Waals surface area contributed by atoms with Crippen LogP contribution in [0.15, 0.2) is 82.7 Å². The first-order valence-corrected chi connectivity index (χ1v) is 11.7. The molecule has 0 spiro atoms. The molecule has 0 fully saturated rings. The largest absolute Gasteiger partial charge is 0.326 e. The second-order valence-electron chi connectivity index (χ2n) is 7.51. The highest BCUT2D eigenvalue weighted by atomic mass is 35.5. The van der Waals surface area contributed by atoms with Gasteiger partial charge in [-0.05, 0) is 55.5 Å². The van der Waals surface area contributed by atoms with Gasteiger partial charge in [-0.1, -0.05) is 47.6 Å². The van der Waals surface area contributed by atoms with E-state index in [1.165, 1.54) is 23.3 Å². The second-order valence-corrected chi connectivity index (χ2v) is 9.23. The molecule has 0 saturated heterocycles. The molecule has 172 valence electrons. The van der Waals surface area contributed by atoms with E-state index in [1.54, 1.807) is 73.7 Å². The molecule has 4 aromatic rings. The lowest BCUT2D eigenvalue weighted by atomic mass is 10.2. The quantitative estimate of drug-likeness (QED) is 0.288. The lowest BCUT2D eigenvalue weighted by Gasteiger charge is -2.17. The van der Waals surface area contributed by atoms with Gasteiger partial charge in [0.05, 0.1) is 26.9 Å². The number of nitrogens with one attached hydrogen (secondary N) is 2. The van der Waals surface area contributed by atoms with Crippen molar-refractivity contribution in [1.29, 1.82) is 0 Å². The van der Waals surface area contributed by atoms with E-state index in [2.05, 4.69) is 15.6 Å². The molecule has 4 rings (SSSR count). The third kappa shape index (κ3) is 5.13. The van der Waals surface area contributed by atoms with Crippen molar-refractivity contribution in [3.05, 3.63) is 88.2 Å². The number of halogens is 1. The molecule has 2 N–H and O–H groups in total. The second kappa shape index (κ2) is 10.1. The first-order chi connectivity index (χ1) is 16.3. The van der Waals surface area contributed by atoms with Crippen LogP contribution in [0.2, 0.25) is 5.02 Å². The zero-order valence-electron chi connectivity index (χ0n) is 18.4. The lowest BCUT2D eigenvalue weighted by Crippen LogP contribution is -2.26. The minimum Gasteiger partial charge on any atom is -0.326 e. The molecule has 0 aliphatic heterocycles. The molecule has 1 heterocycles. The van der Waals surface area contributed by atoms with Crippen LogP contribution in [-0.2, 0) is 9.59 Å². The number of carbonyl (C=O) groups excluding carboxylic acids is 2. The maximum atomic E-state index is 13.4. The smallest absolute Gasteiger partial charge is 0.266 e. The standard InChI is InChI=1S/C25H21ClN4O3S/c1-15(23(32)28-18-13-11-17(12-14-18)27-16(2)31)34-25-29-21-9-5-3-7-19(21)24(33)30(25)22-10-6-4-8-20(22)26/h3-15H,1-2H3,(H,27,31)(H,28,32)/t15-/m1/s1. The van der Waals surface area contributed by atoms with Gasteiger partial charge in [-0.2, -0.15) is 0 Å². The summed E-state index contributed by atoms with van der Waals surface area (Å²) in [5.41, 5.74) is 2.00. The molecule has 0 saturated carbocycles. The Bertz CT molecular complexity index is 1440. The molecule has 9 heteroatoms. The number of hydrogen-bond donors (Lipinski definition) is 2. The summed E-state index contributed by atoms with van der Waals surface area (Å²) in [5, 5.41) is 6.18. The van der Waals surface area contributed by atoms with Crippen LogP contribution < -0.4 is 16.2 Å². The average molecular weight is 493 g/mol. The lowest BCUT2D eigenvalue weighted by molar-refractivity contribution is -0.115. The molecule has 3 aromatic carbocycles. The van der Waals surface area contributed by atoms with Crippen molar-refractivity contribution in [2.75, 3.05) is 10.6 Å². The van der Waals surface area contributed by atoms with E-state index in [9.17, 15) is 14.4 Å². The Labute approximate surface area is 205 Å². The van der Waals surface area contributed by atoms with Crippen LogP contribution in [0.4, 0.5) is 11.4 Å². The van der Waals surface area contributed by atoms with Crippen LogP contribution in [0.1, 0.15) is 13.8 Å². The first kappa shape index (κ1) is 23.5. The van der Waals surface area contributed by atoms with Gasteiger partial charge in [0, 0.05) is 18.3 Å². The Balaban J connectivity index is 1.64. The van der Waals surface area contributed by atoms with Crippen molar-refractivity contribution in [2.24, 2.45) is 0 Å². The molecule has 0 aliphatic rings. The van der Waals surface area contributed by atoms with Crippen LogP contribution in [0, 0.1) is 0 Å². The van der Waals surface area contributed by atoms with Gasteiger partial charge in [-0.3, -0.25) is 19.0 Å². The zero-order valence-corrected chi connectivity index (χ0v) is 20.0. The number of benzene rings is 3. The molecule has 34 heavy (non-hydrogen) atoms. The van der Waals surface area contributed by atoms with Gasteiger partial charge < -0.3 is 10.6 Å². The van der Waals surface area contributed by atoms with E-state index < -0.39 is 5.25 Å². The van der Waals surface area contributed by atoms with Crippen molar-refractivity contribution in [3.8, 4) is 5.69 Å². The molecule has 7 nitrogen and oxygen atoms in total. The number of para-hydroxylation sites is 2. The van der Waals surface area contributed by atoms with Crippen molar-refractivity contribution < 1.29 is 9.59 Å². The van der Waals surface area contributed by atoms with Crippen LogP contribution in [0.25, 0.3) is 16.6 Å². The van der Waals surface area contributed by atoms with E-state index in [1.807, 2.05) is 6.07 Å². The van der Waals surface area contributed by atoms with Crippen molar-refractivity contribution >= 4 is 57.5 Å². The van der Waals surface area contributed by atoms with Gasteiger partial charge in [0.15, 0.2) is 5.16 Å². The van der Waals surface area contributed by atoms with Crippen molar-refractivity contribution in [2.45, 2.75) is 24.3 Å². The molecule has 1 aromatic heterocycles. The monoisotopic (exact) mass is 492 g/mol. The SMILES string of the molecule is CC(=O)Nc1ccc(NC(=O)[C@@H](C)Sc2nc3ccccc3c(=O)n2-c2ccccc2Cl)cc1. The van der Waals surface area contributed by atoms with E-state index in [0.29, 0.717) is 38.1 Å². The Morgan fingerprint density at radius 1 is 0.941 bits per heavy atom. The highest BCUT2D eigenvalue weighted by molar-refractivity contribution is 8.00. The third-order valence-corrected chi connectivity index (χ3v) is 6.33. The molecular formula is C25H21ClN4O3S. The summed E-state index contributed by atoms with van der Waals surface area (Å²) in [6.07, 6.45) is 0. The number of hydrogen-bond acceptors (Lipinski definition) is 5. The van der Waals surface area contributed by atoms with Crippen LogP contribution in [-0.4, -0.2) is 26.6 Å². The van der Waals surface area contributed by atoms with Crippen molar-refractivity contribution in [3.63, 3.8) is 0 Å². The number of nitrogens with zero attached hydrogens (tertiary/aromatic N) is 2. The van der Waals surface area contributed by atoms with Gasteiger partial charge >= 0.3 is 0 Å². The summed E-state index contributed by atoms with van der Waals surface area (Å²) >= 11 is 7.57. The fourth-order valence-corrected chi connectivity index (χ4v) is 4.47. The molecule has 0 bridgehead atoms. The van der Waals surface area contributed by atoms with Crippen LogP contribution in [0.3, 0.4) is 0 Å². The zero-order chi connectivity index (χ0) is 24.2. The van der Waals surface area contributed by atoms with Crippen LogP contribution in [0.5, 0.6) is 0 Å². The van der Waals surface area contributed by atoms with E-state index in [4.69, 9.17) is 11.6 Å². The molecular weight excluding hydrogens is 472 g/mol. The number of rotatable bonds is 6. The predicted octanol–water partition coefficient (Wildman–Crippen LogP) is 5.12. The number of amides is 2. The van der Waals surface area contributed by atoms with Gasteiger partial charge in [-0.25, -0.2) is 4.98 Å². The average Bonchev–Trinajstić information content (AvgIpc) is 2.81. The number of anilines is 2. The topological polar surface area (TPSA) is 93.1 Å². The highest BCUT2D eigenvalue weighted by Gasteiger charge is 2.21. The van der Waals surface area contributed by atoms with Crippen LogP contribution >= 0.6 is 23.4 Å². The predicted molar refractivity (Wildman–Crippen MR) is 137 cm³/mol. The summed E-state index contributed by atoms with van der Waals surface area (Å²) in [6, 6.07) is 20.9. The molecule has 1 atom stereocenters. The summed E-state index contributed by atoms with van der Waals surface area (Å²) in [4.78, 5) is 42.1. The Morgan fingerprint density at radius 2 is 1.56 bits per heavy atom. The van der Waals surface area contributed by atoms with E-state index in [0.717, 1.165) is 0 Å². The molecule has 2 amide bonds. The molecule has 0 radical (unpaired) electrons. The summed E-state index contributed by atoms with van der Waals surface area (Å²) in [6.45, 7) is 3.17. The third-order valence-electron chi connectivity index (χ3n) is 4.96. The first-order valence-electron chi connectivity index (χ1n) is 10.5. The Kier molecular flexibility index (Phi) is 7.00. The summed E-state index contributed by atoms with van der Waals surface area (Å²) in [7, 11) is 0. The minimum atomic E-state index is -0.572. The molecule has 0 unspecified atom stereocenters. The normalized spacial score (nSPS) is 11.7. The number of aromatic nitrogens is 2. The summed E-state index contributed by atoms with van der Waals surface area (Å²) < 4.78 is 1.45. The van der Waals surface area contributed by atoms with Gasteiger partial charge in [0.1, 0.15) is 0 Å². The Hall–Kier alpha value is -3.62. The number of thioether (sulfide) groups is 1. The fraction of sp³-hybridized carbons (Fsp3) is 0.120. The number of carbonyl (C=O) groups is 2. The maximum absolute atomic E-state index is 13.4. The van der Waals surface area contributed by atoms with Gasteiger partial charge in [0.25, 0.3) is 5.56 Å². The highest BCUT2D eigenvalue weighted by Crippen LogP contribution is 2.28. The van der Waals surface area contributed by atoms with E-state index >= 15 is 0 Å². The number of fused-ring (bicyclic) bond motifs is 1. The fourth-order valence-electron chi connectivity index (χ4n) is 3.33.